The van der Waals surface area contributed by atoms with Crippen molar-refractivity contribution in [2.75, 3.05) is 18.5 Å². The molecule has 0 bridgehead atoms. The number of nitrogens with one attached hydrogen (secondary N) is 2. The van der Waals surface area contributed by atoms with Crippen LogP contribution in [-0.2, 0) is 11.3 Å². The van der Waals surface area contributed by atoms with Crippen molar-refractivity contribution in [1.82, 2.24) is 15.5 Å². The minimum atomic E-state index is 0.324. The largest absolute Gasteiger partial charge is 0.407 e. The summed E-state index contributed by atoms with van der Waals surface area (Å²) in [5, 5.41) is 14.5. The van der Waals surface area contributed by atoms with E-state index in [1.165, 1.54) is 12.8 Å². The lowest BCUT2D eigenvalue weighted by Gasteiger charge is -2.17. The van der Waals surface area contributed by atoms with Crippen molar-refractivity contribution in [2.45, 2.75) is 44.9 Å². The van der Waals surface area contributed by atoms with Gasteiger partial charge in [-0.15, -0.1) is 5.10 Å². The Labute approximate surface area is 106 Å². The Hall–Kier alpha value is -1.14. The summed E-state index contributed by atoms with van der Waals surface area (Å²) in [5.41, 5.74) is 0. The van der Waals surface area contributed by atoms with Gasteiger partial charge in [0.2, 0.25) is 5.89 Å². The monoisotopic (exact) mass is 252 g/mol. The standard InChI is InChI=1S/C12H20N4O2/c1-2-13-7-10-15-16-12(18-10)14-9-5-6-17-11(9)8-3-4-8/h8-9,11,13H,2-7H2,1H3,(H,14,16). The lowest BCUT2D eigenvalue weighted by atomic mass is 10.1. The summed E-state index contributed by atoms with van der Waals surface area (Å²) in [4.78, 5) is 0. The fourth-order valence-electron chi connectivity index (χ4n) is 2.43. The highest BCUT2D eigenvalue weighted by Gasteiger charge is 2.41. The van der Waals surface area contributed by atoms with Crippen molar-refractivity contribution < 1.29 is 9.15 Å². The Morgan fingerprint density at radius 2 is 2.17 bits per heavy atom. The Bertz CT molecular complexity index is 391. The smallest absolute Gasteiger partial charge is 0.315 e. The molecule has 0 amide bonds. The first-order chi connectivity index (χ1) is 8.86. The molecule has 6 nitrogen and oxygen atoms in total. The highest BCUT2D eigenvalue weighted by molar-refractivity contribution is 5.22. The third-order valence-electron chi connectivity index (χ3n) is 3.52. The second-order valence-corrected chi connectivity index (χ2v) is 4.99. The second kappa shape index (κ2) is 5.24. The van der Waals surface area contributed by atoms with Crippen molar-refractivity contribution in [3.8, 4) is 0 Å². The molecule has 1 aromatic rings. The fraction of sp³-hybridized carbons (Fsp3) is 0.833. The third kappa shape index (κ3) is 2.64. The number of nitrogens with zero attached hydrogens (tertiary/aromatic N) is 2. The number of aromatic nitrogens is 2. The van der Waals surface area contributed by atoms with Gasteiger partial charge < -0.3 is 19.8 Å². The minimum absolute atomic E-state index is 0.324. The summed E-state index contributed by atoms with van der Waals surface area (Å²) in [6.07, 6.45) is 3.93. The Balaban J connectivity index is 1.56. The summed E-state index contributed by atoms with van der Waals surface area (Å²) in [6.45, 7) is 4.40. The van der Waals surface area contributed by atoms with Crippen molar-refractivity contribution >= 4 is 6.01 Å². The minimum Gasteiger partial charge on any atom is -0.407 e. The fourth-order valence-corrected chi connectivity index (χ4v) is 2.43. The van der Waals surface area contributed by atoms with Crippen LogP contribution in [0.4, 0.5) is 6.01 Å². The van der Waals surface area contributed by atoms with E-state index < -0.39 is 0 Å². The zero-order valence-corrected chi connectivity index (χ0v) is 10.7. The van der Waals surface area contributed by atoms with Gasteiger partial charge in [0.1, 0.15) is 0 Å². The topological polar surface area (TPSA) is 72.2 Å². The van der Waals surface area contributed by atoms with Crippen LogP contribution in [0.5, 0.6) is 0 Å². The van der Waals surface area contributed by atoms with E-state index in [2.05, 4.69) is 20.8 Å². The van der Waals surface area contributed by atoms with Crippen LogP contribution in [0, 0.1) is 5.92 Å². The predicted octanol–water partition coefficient (Wildman–Crippen LogP) is 1.16. The average molecular weight is 252 g/mol. The molecule has 2 heterocycles. The van der Waals surface area contributed by atoms with E-state index in [0.29, 0.717) is 30.6 Å². The molecule has 2 atom stereocenters. The number of hydrogen-bond donors (Lipinski definition) is 2. The molecule has 0 spiro atoms. The van der Waals surface area contributed by atoms with E-state index in [-0.39, 0.29) is 0 Å². The lowest BCUT2D eigenvalue weighted by Crippen LogP contribution is -2.31. The van der Waals surface area contributed by atoms with E-state index in [1.54, 1.807) is 0 Å². The van der Waals surface area contributed by atoms with Crippen LogP contribution in [0.25, 0.3) is 0 Å². The summed E-state index contributed by atoms with van der Waals surface area (Å²) in [6, 6.07) is 0.842. The van der Waals surface area contributed by atoms with Crippen LogP contribution in [0.1, 0.15) is 32.1 Å². The number of ether oxygens (including phenoxy) is 1. The second-order valence-electron chi connectivity index (χ2n) is 4.99. The van der Waals surface area contributed by atoms with Gasteiger partial charge in [0.25, 0.3) is 0 Å². The quantitative estimate of drug-likeness (QED) is 0.791. The van der Waals surface area contributed by atoms with Gasteiger partial charge in [-0.25, -0.2) is 0 Å². The van der Waals surface area contributed by atoms with Crippen LogP contribution in [0.15, 0.2) is 4.42 Å². The maximum absolute atomic E-state index is 5.77. The summed E-state index contributed by atoms with van der Waals surface area (Å²) < 4.78 is 11.3. The molecule has 6 heteroatoms. The molecule has 1 aliphatic carbocycles. The molecule has 18 heavy (non-hydrogen) atoms. The molecule has 1 saturated heterocycles. The van der Waals surface area contributed by atoms with Crippen LogP contribution in [0.3, 0.4) is 0 Å². The van der Waals surface area contributed by atoms with Gasteiger partial charge in [0.15, 0.2) is 0 Å². The van der Waals surface area contributed by atoms with Gasteiger partial charge in [0.05, 0.1) is 18.7 Å². The molecular weight excluding hydrogens is 232 g/mol. The number of anilines is 1. The molecular formula is C12H20N4O2. The zero-order valence-electron chi connectivity index (χ0n) is 10.7. The van der Waals surface area contributed by atoms with E-state index >= 15 is 0 Å². The highest BCUT2D eigenvalue weighted by atomic mass is 16.5. The molecule has 1 aromatic heterocycles. The molecule has 2 fully saturated rings. The molecule has 0 aromatic carbocycles. The first-order valence-corrected chi connectivity index (χ1v) is 6.78. The van der Waals surface area contributed by atoms with Crippen LogP contribution < -0.4 is 10.6 Å². The Kier molecular flexibility index (Phi) is 3.47. The van der Waals surface area contributed by atoms with E-state index in [9.17, 15) is 0 Å². The van der Waals surface area contributed by atoms with Crippen molar-refractivity contribution in [1.29, 1.82) is 0 Å². The molecule has 1 aliphatic heterocycles. The van der Waals surface area contributed by atoms with Crippen molar-refractivity contribution in [3.05, 3.63) is 5.89 Å². The van der Waals surface area contributed by atoms with Crippen LogP contribution in [-0.4, -0.2) is 35.5 Å². The molecule has 3 rings (SSSR count). The number of rotatable bonds is 6. The van der Waals surface area contributed by atoms with E-state index in [0.717, 1.165) is 25.5 Å². The SMILES string of the molecule is CCNCc1nnc(NC2CCOC2C2CC2)o1. The third-order valence-corrected chi connectivity index (χ3v) is 3.52. The van der Waals surface area contributed by atoms with Crippen LogP contribution >= 0.6 is 0 Å². The number of hydrogen-bond acceptors (Lipinski definition) is 6. The average Bonchev–Trinajstić information content (AvgIpc) is 2.96. The van der Waals surface area contributed by atoms with Crippen molar-refractivity contribution in [3.63, 3.8) is 0 Å². The normalized spacial score (nSPS) is 27.6. The van der Waals surface area contributed by atoms with Gasteiger partial charge >= 0.3 is 6.01 Å². The maximum Gasteiger partial charge on any atom is 0.315 e. The summed E-state index contributed by atoms with van der Waals surface area (Å²) in [7, 11) is 0. The molecule has 2 unspecified atom stereocenters. The molecule has 100 valence electrons. The maximum atomic E-state index is 5.77. The van der Waals surface area contributed by atoms with Crippen LogP contribution in [0.2, 0.25) is 0 Å². The van der Waals surface area contributed by atoms with E-state index in [4.69, 9.17) is 9.15 Å². The van der Waals surface area contributed by atoms with Crippen molar-refractivity contribution in [2.24, 2.45) is 5.92 Å². The van der Waals surface area contributed by atoms with Gasteiger partial charge in [-0.05, 0) is 31.7 Å². The zero-order chi connectivity index (χ0) is 12.4. The summed E-state index contributed by atoms with van der Waals surface area (Å²) >= 11 is 0. The molecule has 2 aliphatic rings. The molecule has 0 radical (unpaired) electrons. The predicted molar refractivity (Wildman–Crippen MR) is 66.2 cm³/mol. The Morgan fingerprint density at radius 1 is 1.28 bits per heavy atom. The summed E-state index contributed by atoms with van der Waals surface area (Å²) in [5.74, 6) is 1.36. The van der Waals surface area contributed by atoms with Gasteiger partial charge in [-0.1, -0.05) is 12.0 Å². The lowest BCUT2D eigenvalue weighted by molar-refractivity contribution is 0.0895. The van der Waals surface area contributed by atoms with Gasteiger partial charge in [-0.3, -0.25) is 0 Å². The molecule has 2 N–H and O–H groups in total. The van der Waals surface area contributed by atoms with E-state index in [1.807, 2.05) is 6.92 Å². The first-order valence-electron chi connectivity index (χ1n) is 6.78. The van der Waals surface area contributed by atoms with Gasteiger partial charge in [0, 0.05) is 6.61 Å². The Morgan fingerprint density at radius 3 is 2.94 bits per heavy atom. The highest BCUT2D eigenvalue weighted by Crippen LogP contribution is 2.39. The first kappa shape index (κ1) is 11.9. The molecule has 1 saturated carbocycles. The van der Waals surface area contributed by atoms with Gasteiger partial charge in [-0.2, -0.15) is 0 Å².